The Bertz CT molecular complexity index is 816. The summed E-state index contributed by atoms with van der Waals surface area (Å²) in [5.41, 5.74) is 1.77. The summed E-state index contributed by atoms with van der Waals surface area (Å²) in [4.78, 5) is 1.71. The van der Waals surface area contributed by atoms with Crippen LogP contribution in [0.25, 0.3) is 0 Å². The van der Waals surface area contributed by atoms with Gasteiger partial charge in [0.25, 0.3) is 0 Å². The van der Waals surface area contributed by atoms with Gasteiger partial charge >= 0.3 is 0 Å². The Morgan fingerprint density at radius 3 is 2.56 bits per heavy atom. The first-order valence-electron chi connectivity index (χ1n) is 7.21. The van der Waals surface area contributed by atoms with Gasteiger partial charge in [-0.2, -0.15) is 5.26 Å². The van der Waals surface area contributed by atoms with Crippen molar-refractivity contribution in [3.05, 3.63) is 74.7 Å². The summed E-state index contributed by atoms with van der Waals surface area (Å²) in [6.45, 7) is 0.226. The van der Waals surface area contributed by atoms with Crippen molar-refractivity contribution < 1.29 is 4.39 Å². The van der Waals surface area contributed by atoms with E-state index in [1.54, 1.807) is 47.4 Å². The number of nitrogens with zero attached hydrogens (tertiary/aromatic N) is 2. The highest BCUT2D eigenvalue weighted by Gasteiger charge is 2.16. The first-order chi connectivity index (χ1) is 12.0. The van der Waals surface area contributed by atoms with Gasteiger partial charge in [0.2, 0.25) is 0 Å². The Morgan fingerprint density at radius 1 is 1.28 bits per heavy atom. The number of rotatable bonds is 5. The first kappa shape index (κ1) is 19.6. The average Bonchev–Trinajstić information content (AvgIpc) is 2.61. The smallest absolute Gasteiger partial charge is 0.166 e. The van der Waals surface area contributed by atoms with Crippen LogP contribution < -0.4 is 4.90 Å². The predicted octanol–water partition coefficient (Wildman–Crippen LogP) is 5.93. The van der Waals surface area contributed by atoms with E-state index in [0.717, 1.165) is 9.50 Å². The van der Waals surface area contributed by atoms with Crippen molar-refractivity contribution >= 4 is 50.3 Å². The van der Waals surface area contributed by atoms with Gasteiger partial charge in [0, 0.05) is 11.3 Å². The van der Waals surface area contributed by atoms with Gasteiger partial charge in [0.1, 0.15) is 5.82 Å². The minimum atomic E-state index is -0.308. The minimum absolute atomic E-state index is 0.226. The molecule has 0 fully saturated rings. The van der Waals surface area contributed by atoms with Crippen molar-refractivity contribution in [2.45, 2.75) is 6.54 Å². The van der Waals surface area contributed by atoms with Gasteiger partial charge in [-0.1, -0.05) is 18.2 Å². The molecule has 0 unspecified atom stereocenters. The molecule has 0 aliphatic carbocycles. The molecule has 0 saturated carbocycles. The second-order valence-electron chi connectivity index (χ2n) is 4.90. The number of nitriles is 1. The Hall–Kier alpha value is -1.75. The Kier molecular flexibility index (Phi) is 7.56. The van der Waals surface area contributed by atoms with Crippen molar-refractivity contribution in [3.8, 4) is 6.07 Å². The van der Waals surface area contributed by atoms with Crippen LogP contribution in [0.15, 0.2) is 57.8 Å². The quantitative estimate of drug-likeness (QED) is 0.466. The van der Waals surface area contributed by atoms with E-state index in [-0.39, 0.29) is 17.5 Å². The molecular formula is C18H15BrFN3S2. The maximum atomic E-state index is 14.1. The fourth-order valence-electron chi connectivity index (χ4n) is 2.06. The Morgan fingerprint density at radius 2 is 1.96 bits per heavy atom. The molecule has 0 aromatic heterocycles. The fraction of sp³-hybridized carbons (Fsp3) is 0.111. The van der Waals surface area contributed by atoms with Crippen molar-refractivity contribution in [2.75, 3.05) is 11.2 Å². The lowest BCUT2D eigenvalue weighted by Gasteiger charge is -2.25. The van der Waals surface area contributed by atoms with Crippen LogP contribution >= 0.6 is 39.5 Å². The molecule has 0 saturated heterocycles. The van der Waals surface area contributed by atoms with Crippen LogP contribution in [0.2, 0.25) is 0 Å². The van der Waals surface area contributed by atoms with E-state index < -0.39 is 0 Å². The number of halogens is 2. The molecule has 25 heavy (non-hydrogen) atoms. The maximum Gasteiger partial charge on any atom is 0.166 e. The summed E-state index contributed by atoms with van der Waals surface area (Å²) in [5.74, 6) is -0.308. The number of nitrogens with one attached hydrogen (secondary N) is 1. The zero-order chi connectivity index (χ0) is 18.2. The molecule has 0 spiro atoms. The van der Waals surface area contributed by atoms with Crippen LogP contribution in [0.1, 0.15) is 11.1 Å². The molecule has 7 heteroatoms. The van der Waals surface area contributed by atoms with Crippen LogP contribution in [0.4, 0.5) is 10.1 Å². The molecule has 1 N–H and O–H groups in total. The second-order valence-corrected chi connectivity index (χ2v) is 8.02. The largest absolute Gasteiger partial charge is 0.317 e. The third-order valence-electron chi connectivity index (χ3n) is 3.24. The highest BCUT2D eigenvalue weighted by molar-refractivity contribution is 9.14. The van der Waals surface area contributed by atoms with Gasteiger partial charge in [-0.05, 0) is 69.7 Å². The summed E-state index contributed by atoms with van der Waals surface area (Å²) in [7, 11) is 0. The van der Waals surface area contributed by atoms with Crippen LogP contribution in [0.5, 0.6) is 0 Å². The van der Waals surface area contributed by atoms with Crippen LogP contribution in [-0.4, -0.2) is 11.4 Å². The molecule has 2 rings (SSSR count). The topological polar surface area (TPSA) is 50.9 Å². The molecule has 0 bridgehead atoms. The molecule has 0 heterocycles. The van der Waals surface area contributed by atoms with E-state index >= 15 is 0 Å². The van der Waals surface area contributed by atoms with E-state index in [0.29, 0.717) is 11.1 Å². The van der Waals surface area contributed by atoms with Crippen LogP contribution in [0.3, 0.4) is 0 Å². The van der Waals surface area contributed by atoms with Crippen molar-refractivity contribution in [1.29, 1.82) is 10.7 Å². The van der Waals surface area contributed by atoms with Gasteiger partial charge < -0.3 is 4.90 Å². The van der Waals surface area contributed by atoms with Gasteiger partial charge in [-0.3, -0.25) is 5.41 Å². The molecule has 0 radical (unpaired) electrons. The van der Waals surface area contributed by atoms with Crippen molar-refractivity contribution in [1.82, 2.24) is 0 Å². The van der Waals surface area contributed by atoms with Gasteiger partial charge in [0.15, 0.2) is 5.17 Å². The number of benzene rings is 2. The van der Waals surface area contributed by atoms with Gasteiger partial charge in [-0.15, -0.1) is 11.8 Å². The second kappa shape index (κ2) is 9.66. The lowest BCUT2D eigenvalue weighted by Crippen LogP contribution is -2.27. The number of amidine groups is 1. The van der Waals surface area contributed by atoms with E-state index in [2.05, 4.69) is 22.0 Å². The summed E-state index contributed by atoms with van der Waals surface area (Å²) in [6.07, 6.45) is 1.93. The zero-order valence-electron chi connectivity index (χ0n) is 13.4. The van der Waals surface area contributed by atoms with Crippen LogP contribution in [0, 0.1) is 22.6 Å². The Balaban J connectivity index is 2.33. The monoisotopic (exact) mass is 435 g/mol. The van der Waals surface area contributed by atoms with Crippen molar-refractivity contribution in [3.63, 3.8) is 0 Å². The molecule has 0 amide bonds. The lowest BCUT2D eigenvalue weighted by atomic mass is 10.1. The normalized spacial score (nSPS) is 11.0. The third-order valence-corrected chi connectivity index (χ3v) is 5.61. The number of hydrogen-bond donors (Lipinski definition) is 1. The molecule has 128 valence electrons. The highest BCUT2D eigenvalue weighted by Crippen LogP contribution is 2.30. The summed E-state index contributed by atoms with van der Waals surface area (Å²) < 4.78 is 14.9. The molecule has 0 aliphatic heterocycles. The molecular weight excluding hydrogens is 421 g/mol. The molecule has 0 atom stereocenters. The Labute approximate surface area is 163 Å². The minimum Gasteiger partial charge on any atom is -0.317 e. The fourth-order valence-corrected chi connectivity index (χ4v) is 4.21. The standard InChI is InChI=1S/C18H15BrFN3S2/c1-24-12-17(19)25-18(22)23(11-14-4-2-3-5-16(14)20)15-8-6-13(10-21)7-9-15/h2-9,12,22H,11H2,1H3/b17-12+,22-18?. The number of anilines is 1. The zero-order valence-corrected chi connectivity index (χ0v) is 16.6. The number of hydrogen-bond acceptors (Lipinski definition) is 4. The van der Waals surface area contributed by atoms with Gasteiger partial charge in [-0.25, -0.2) is 4.39 Å². The average molecular weight is 436 g/mol. The first-order valence-corrected chi connectivity index (χ1v) is 10.1. The molecule has 0 aliphatic rings. The van der Waals surface area contributed by atoms with E-state index in [4.69, 9.17) is 10.7 Å². The predicted molar refractivity (Wildman–Crippen MR) is 110 cm³/mol. The molecule has 2 aromatic carbocycles. The van der Waals surface area contributed by atoms with E-state index in [1.807, 2.05) is 11.7 Å². The summed E-state index contributed by atoms with van der Waals surface area (Å²) >= 11 is 6.19. The van der Waals surface area contributed by atoms with Crippen molar-refractivity contribution in [2.24, 2.45) is 0 Å². The van der Waals surface area contributed by atoms with E-state index in [1.165, 1.54) is 29.6 Å². The third kappa shape index (κ3) is 5.63. The SMILES string of the molecule is CS/C=C(\Br)SC(=N)N(Cc1ccccc1F)c1ccc(C#N)cc1. The maximum absolute atomic E-state index is 14.1. The van der Waals surface area contributed by atoms with Crippen LogP contribution in [-0.2, 0) is 6.54 Å². The highest BCUT2D eigenvalue weighted by atomic mass is 79.9. The van der Waals surface area contributed by atoms with Gasteiger partial charge in [0.05, 0.1) is 22.0 Å². The van der Waals surface area contributed by atoms with E-state index in [9.17, 15) is 4.39 Å². The molecule has 3 nitrogen and oxygen atoms in total. The summed E-state index contributed by atoms with van der Waals surface area (Å²) in [6, 6.07) is 15.5. The molecule has 2 aromatic rings. The lowest BCUT2D eigenvalue weighted by molar-refractivity contribution is 0.610. The summed E-state index contributed by atoms with van der Waals surface area (Å²) in [5, 5.41) is 19.5. The number of thioether (sulfide) groups is 2.